The first-order valence-corrected chi connectivity index (χ1v) is 10.6. The van der Waals surface area contributed by atoms with Crippen LogP contribution in [0.1, 0.15) is 43.4 Å². The molecule has 5 nitrogen and oxygen atoms in total. The van der Waals surface area contributed by atoms with E-state index in [1.54, 1.807) is 0 Å². The van der Waals surface area contributed by atoms with E-state index >= 15 is 0 Å². The van der Waals surface area contributed by atoms with Crippen molar-refractivity contribution in [3.63, 3.8) is 0 Å². The van der Waals surface area contributed by atoms with Gasteiger partial charge in [0.05, 0.1) is 6.04 Å². The average molecular weight is 394 g/mol. The molecule has 5 heteroatoms. The predicted octanol–water partition coefficient (Wildman–Crippen LogP) is 3.23. The van der Waals surface area contributed by atoms with Crippen LogP contribution in [-0.2, 0) is 9.59 Å². The van der Waals surface area contributed by atoms with Crippen molar-refractivity contribution >= 4 is 11.8 Å². The van der Waals surface area contributed by atoms with Gasteiger partial charge in [0, 0.05) is 45.6 Å². The SMILES string of the molecule is CCCNC(=O)CCC(=O)N1CCN(C(c2ccccc2)c2ccccc2)CC1. The molecule has 154 valence electrons. The molecule has 1 fully saturated rings. The van der Waals surface area contributed by atoms with Gasteiger partial charge in [0.1, 0.15) is 0 Å². The van der Waals surface area contributed by atoms with Gasteiger partial charge in [-0.2, -0.15) is 0 Å². The van der Waals surface area contributed by atoms with Gasteiger partial charge in [-0.1, -0.05) is 67.6 Å². The molecule has 0 unspecified atom stereocenters. The van der Waals surface area contributed by atoms with Gasteiger partial charge < -0.3 is 10.2 Å². The molecule has 1 N–H and O–H groups in total. The lowest BCUT2D eigenvalue weighted by Crippen LogP contribution is -2.50. The lowest BCUT2D eigenvalue weighted by atomic mass is 9.96. The van der Waals surface area contributed by atoms with E-state index < -0.39 is 0 Å². The molecule has 0 radical (unpaired) electrons. The van der Waals surface area contributed by atoms with E-state index in [4.69, 9.17) is 0 Å². The second kappa shape index (κ2) is 10.8. The minimum Gasteiger partial charge on any atom is -0.356 e. The fraction of sp³-hybridized carbons (Fsp3) is 0.417. The number of amides is 2. The molecule has 3 rings (SSSR count). The number of carbonyl (C=O) groups is 2. The quantitative estimate of drug-likeness (QED) is 0.749. The highest BCUT2D eigenvalue weighted by Gasteiger charge is 2.28. The predicted molar refractivity (Wildman–Crippen MR) is 115 cm³/mol. The summed E-state index contributed by atoms with van der Waals surface area (Å²) in [7, 11) is 0. The zero-order chi connectivity index (χ0) is 20.5. The Morgan fingerprint density at radius 2 is 1.41 bits per heavy atom. The molecule has 2 amide bonds. The molecule has 29 heavy (non-hydrogen) atoms. The second-order valence-corrected chi connectivity index (χ2v) is 7.49. The van der Waals surface area contributed by atoms with Crippen molar-refractivity contribution in [2.45, 2.75) is 32.2 Å². The summed E-state index contributed by atoms with van der Waals surface area (Å²) in [5, 5.41) is 2.83. The number of benzene rings is 2. The Hall–Kier alpha value is -2.66. The number of nitrogens with zero attached hydrogens (tertiary/aromatic N) is 2. The number of nitrogens with one attached hydrogen (secondary N) is 1. The lowest BCUT2D eigenvalue weighted by Gasteiger charge is -2.39. The normalized spacial score (nSPS) is 14.8. The van der Waals surface area contributed by atoms with E-state index in [-0.39, 0.29) is 30.7 Å². The number of carbonyl (C=O) groups excluding carboxylic acids is 2. The summed E-state index contributed by atoms with van der Waals surface area (Å²) in [6.45, 7) is 5.73. The molecular formula is C24H31N3O2. The molecule has 0 spiro atoms. The summed E-state index contributed by atoms with van der Waals surface area (Å²) >= 11 is 0. The van der Waals surface area contributed by atoms with Crippen molar-refractivity contribution in [1.29, 1.82) is 0 Å². The van der Waals surface area contributed by atoms with Gasteiger partial charge in [-0.15, -0.1) is 0 Å². The van der Waals surface area contributed by atoms with E-state index in [1.807, 2.05) is 24.0 Å². The first-order chi connectivity index (χ1) is 14.2. The third-order valence-corrected chi connectivity index (χ3v) is 5.40. The smallest absolute Gasteiger partial charge is 0.223 e. The minimum absolute atomic E-state index is 0.0351. The van der Waals surface area contributed by atoms with Crippen LogP contribution in [-0.4, -0.2) is 54.3 Å². The topological polar surface area (TPSA) is 52.7 Å². The largest absolute Gasteiger partial charge is 0.356 e. The maximum absolute atomic E-state index is 12.5. The molecule has 2 aromatic carbocycles. The van der Waals surface area contributed by atoms with Crippen LogP contribution in [0.25, 0.3) is 0 Å². The van der Waals surface area contributed by atoms with Gasteiger partial charge >= 0.3 is 0 Å². The molecule has 1 aliphatic rings. The van der Waals surface area contributed by atoms with Gasteiger partial charge in [-0.05, 0) is 17.5 Å². The Morgan fingerprint density at radius 3 is 1.93 bits per heavy atom. The van der Waals surface area contributed by atoms with Crippen LogP contribution in [0.3, 0.4) is 0 Å². The van der Waals surface area contributed by atoms with E-state index in [0.29, 0.717) is 19.6 Å². The van der Waals surface area contributed by atoms with E-state index in [1.165, 1.54) is 11.1 Å². The first-order valence-electron chi connectivity index (χ1n) is 10.6. The Kier molecular flexibility index (Phi) is 7.82. The Balaban J connectivity index is 1.59. The minimum atomic E-state index is -0.0351. The second-order valence-electron chi connectivity index (χ2n) is 7.49. The van der Waals surface area contributed by atoms with Crippen LogP contribution in [0, 0.1) is 0 Å². The third kappa shape index (κ3) is 5.91. The molecule has 2 aromatic rings. The Morgan fingerprint density at radius 1 is 0.862 bits per heavy atom. The highest BCUT2D eigenvalue weighted by atomic mass is 16.2. The van der Waals surface area contributed by atoms with Gasteiger partial charge in [0.2, 0.25) is 11.8 Å². The molecule has 1 aliphatic heterocycles. The number of piperazine rings is 1. The maximum Gasteiger partial charge on any atom is 0.223 e. The zero-order valence-corrected chi connectivity index (χ0v) is 17.2. The van der Waals surface area contributed by atoms with Gasteiger partial charge in [-0.25, -0.2) is 0 Å². The molecular weight excluding hydrogens is 362 g/mol. The van der Waals surface area contributed by atoms with Crippen molar-refractivity contribution in [1.82, 2.24) is 15.1 Å². The fourth-order valence-electron chi connectivity index (χ4n) is 3.85. The molecule has 0 aromatic heterocycles. The summed E-state index contributed by atoms with van der Waals surface area (Å²) < 4.78 is 0. The van der Waals surface area contributed by atoms with Gasteiger partial charge in [-0.3, -0.25) is 14.5 Å². The van der Waals surface area contributed by atoms with Gasteiger partial charge in [0.15, 0.2) is 0 Å². The molecule has 1 heterocycles. The summed E-state index contributed by atoms with van der Waals surface area (Å²) in [6, 6.07) is 21.3. The highest BCUT2D eigenvalue weighted by Crippen LogP contribution is 2.29. The lowest BCUT2D eigenvalue weighted by molar-refractivity contribution is -0.135. The fourth-order valence-corrected chi connectivity index (χ4v) is 3.85. The van der Waals surface area contributed by atoms with Crippen LogP contribution in [0.4, 0.5) is 0 Å². The van der Waals surface area contributed by atoms with E-state index in [9.17, 15) is 9.59 Å². The molecule has 0 bridgehead atoms. The third-order valence-electron chi connectivity index (χ3n) is 5.40. The number of hydrogen-bond donors (Lipinski definition) is 1. The summed E-state index contributed by atoms with van der Waals surface area (Å²) in [5.41, 5.74) is 2.54. The number of rotatable bonds is 8. The zero-order valence-electron chi connectivity index (χ0n) is 17.2. The Labute approximate surface area is 173 Å². The van der Waals surface area contributed by atoms with Crippen LogP contribution in [0.2, 0.25) is 0 Å². The maximum atomic E-state index is 12.5. The Bertz CT molecular complexity index is 732. The highest BCUT2D eigenvalue weighted by molar-refractivity contribution is 5.83. The first kappa shape index (κ1) is 21.1. The molecule has 1 saturated heterocycles. The summed E-state index contributed by atoms with van der Waals surface area (Å²) in [5.74, 6) is 0.0410. The average Bonchev–Trinajstić information content (AvgIpc) is 2.78. The van der Waals surface area contributed by atoms with E-state index in [0.717, 1.165) is 19.5 Å². The monoisotopic (exact) mass is 393 g/mol. The van der Waals surface area contributed by atoms with Crippen molar-refractivity contribution in [2.75, 3.05) is 32.7 Å². The van der Waals surface area contributed by atoms with Crippen molar-refractivity contribution in [2.24, 2.45) is 0 Å². The van der Waals surface area contributed by atoms with Crippen molar-refractivity contribution in [3.05, 3.63) is 71.8 Å². The molecule has 0 saturated carbocycles. The molecule has 0 atom stereocenters. The van der Waals surface area contributed by atoms with Crippen LogP contribution < -0.4 is 5.32 Å². The molecule has 0 aliphatic carbocycles. The van der Waals surface area contributed by atoms with Crippen LogP contribution in [0.15, 0.2) is 60.7 Å². The standard InChI is InChI=1S/C24H31N3O2/c1-2-15-25-22(28)13-14-23(29)26-16-18-27(19-17-26)24(20-9-5-3-6-10-20)21-11-7-4-8-12-21/h3-12,24H,2,13-19H2,1H3,(H,25,28). The summed E-state index contributed by atoms with van der Waals surface area (Å²) in [4.78, 5) is 28.6. The van der Waals surface area contributed by atoms with E-state index in [2.05, 4.69) is 58.7 Å². The van der Waals surface area contributed by atoms with Crippen LogP contribution >= 0.6 is 0 Å². The van der Waals surface area contributed by atoms with Crippen molar-refractivity contribution in [3.8, 4) is 0 Å². The summed E-state index contributed by atoms with van der Waals surface area (Å²) in [6.07, 6.45) is 1.47. The number of hydrogen-bond acceptors (Lipinski definition) is 3. The van der Waals surface area contributed by atoms with Crippen LogP contribution in [0.5, 0.6) is 0 Å². The van der Waals surface area contributed by atoms with Crippen molar-refractivity contribution < 1.29 is 9.59 Å². The van der Waals surface area contributed by atoms with Gasteiger partial charge in [0.25, 0.3) is 0 Å².